The van der Waals surface area contributed by atoms with Crippen LogP contribution in [0.15, 0.2) is 48.7 Å². The van der Waals surface area contributed by atoms with Gasteiger partial charge in [-0.15, -0.1) is 0 Å². The molecule has 1 aliphatic carbocycles. The first-order chi connectivity index (χ1) is 16.9. The van der Waals surface area contributed by atoms with Crippen molar-refractivity contribution in [1.29, 1.82) is 0 Å². The Morgan fingerprint density at radius 1 is 1.14 bits per heavy atom. The van der Waals surface area contributed by atoms with E-state index in [2.05, 4.69) is 34.4 Å². The average Bonchev–Trinajstić information content (AvgIpc) is 3.64. The van der Waals surface area contributed by atoms with E-state index >= 15 is 0 Å². The van der Waals surface area contributed by atoms with E-state index in [1.165, 1.54) is 0 Å². The van der Waals surface area contributed by atoms with Gasteiger partial charge >= 0.3 is 0 Å². The molecule has 0 saturated heterocycles. The highest BCUT2D eigenvalue weighted by molar-refractivity contribution is 5.96. The number of nitrogens with two attached hydrogens (primary N) is 1. The highest BCUT2D eigenvalue weighted by Crippen LogP contribution is 2.33. The zero-order valence-corrected chi connectivity index (χ0v) is 20.1. The molecular formula is C27H31N5O3. The molecule has 0 spiro atoms. The van der Waals surface area contributed by atoms with Crippen LogP contribution in [0.25, 0.3) is 11.3 Å². The number of ether oxygens (including phenoxy) is 2. The molecule has 8 nitrogen and oxygen atoms in total. The molecule has 4 N–H and O–H groups in total. The number of anilines is 3. The summed E-state index contributed by atoms with van der Waals surface area (Å²) in [6.07, 6.45) is 4.93. The molecule has 182 valence electrons. The number of carbonyl (C=O) groups is 1. The number of carbonyl (C=O) groups excluding carboxylic acids is 1. The van der Waals surface area contributed by atoms with Crippen LogP contribution in [0.3, 0.4) is 0 Å². The Morgan fingerprint density at radius 3 is 2.80 bits per heavy atom. The molecule has 8 heteroatoms. The molecule has 3 heterocycles. The smallest absolute Gasteiger partial charge is 0.251 e. The summed E-state index contributed by atoms with van der Waals surface area (Å²) in [5.41, 5.74) is 10.4. The summed E-state index contributed by atoms with van der Waals surface area (Å²) in [6.45, 7) is 5.79. The van der Waals surface area contributed by atoms with Crippen LogP contribution in [-0.4, -0.2) is 35.1 Å². The predicted octanol–water partition coefficient (Wildman–Crippen LogP) is 4.69. The fourth-order valence-corrected chi connectivity index (χ4v) is 4.01. The number of amides is 1. The lowest BCUT2D eigenvalue weighted by molar-refractivity contribution is 0.0457. The van der Waals surface area contributed by atoms with Gasteiger partial charge in [0.05, 0.1) is 25.0 Å². The molecule has 1 amide bonds. The Bertz CT molecular complexity index is 1240. The van der Waals surface area contributed by atoms with Gasteiger partial charge < -0.3 is 25.8 Å². The van der Waals surface area contributed by atoms with Crippen molar-refractivity contribution in [3.8, 4) is 17.0 Å². The number of aromatic nitrogens is 2. The standard InChI is InChI=1S/C27H31N5O3/c1-27(2)10-12-29-25(33)17-3-7-21(22(28)14-17)23-9-11-30-26(32-23)31-19-4-8-24(35-20-5-6-20)18(13-19)15-34-16-27/h3-4,7-9,11,13-14,20H,5-6,10,12,15-16,28H2,1-2H3,(H,29,33)(H,30,31,32). The van der Waals surface area contributed by atoms with Gasteiger partial charge in [-0.05, 0) is 67.1 Å². The molecule has 6 rings (SSSR count). The summed E-state index contributed by atoms with van der Waals surface area (Å²) < 4.78 is 12.3. The number of hydrogen-bond acceptors (Lipinski definition) is 7. The zero-order valence-electron chi connectivity index (χ0n) is 20.1. The van der Waals surface area contributed by atoms with E-state index in [0.29, 0.717) is 48.8 Å². The van der Waals surface area contributed by atoms with Gasteiger partial charge in [-0.2, -0.15) is 0 Å². The van der Waals surface area contributed by atoms with Crippen molar-refractivity contribution < 1.29 is 14.3 Å². The molecule has 1 saturated carbocycles. The van der Waals surface area contributed by atoms with Crippen LogP contribution >= 0.6 is 0 Å². The Hall–Kier alpha value is -3.65. The maximum absolute atomic E-state index is 12.7. The molecule has 35 heavy (non-hydrogen) atoms. The van der Waals surface area contributed by atoms with Crippen molar-refractivity contribution in [2.75, 3.05) is 24.2 Å². The highest BCUT2D eigenvalue weighted by Gasteiger charge is 2.25. The summed E-state index contributed by atoms with van der Waals surface area (Å²) >= 11 is 0. The van der Waals surface area contributed by atoms with Gasteiger partial charge in [0.15, 0.2) is 0 Å². The highest BCUT2D eigenvalue weighted by atomic mass is 16.5. The van der Waals surface area contributed by atoms with Crippen LogP contribution in [0.5, 0.6) is 5.75 Å². The van der Waals surface area contributed by atoms with Crippen LogP contribution in [0, 0.1) is 5.41 Å². The van der Waals surface area contributed by atoms with Gasteiger partial charge in [0.1, 0.15) is 5.75 Å². The Balaban J connectivity index is 1.49. The van der Waals surface area contributed by atoms with Crippen molar-refractivity contribution >= 4 is 23.2 Å². The minimum atomic E-state index is -0.152. The minimum absolute atomic E-state index is 0.112. The molecule has 3 aliphatic rings. The topological polar surface area (TPSA) is 111 Å². The number of hydrogen-bond donors (Lipinski definition) is 3. The van der Waals surface area contributed by atoms with Gasteiger partial charge in [0.25, 0.3) is 5.91 Å². The van der Waals surface area contributed by atoms with E-state index in [4.69, 9.17) is 15.2 Å². The fourth-order valence-electron chi connectivity index (χ4n) is 4.01. The quantitative estimate of drug-likeness (QED) is 0.463. The lowest BCUT2D eigenvalue weighted by Crippen LogP contribution is -2.30. The molecule has 3 aromatic rings. The normalized spacial score (nSPS) is 17.9. The summed E-state index contributed by atoms with van der Waals surface area (Å²) in [6, 6.07) is 13.0. The average molecular weight is 474 g/mol. The van der Waals surface area contributed by atoms with Gasteiger partial charge in [-0.3, -0.25) is 4.79 Å². The van der Waals surface area contributed by atoms with Crippen molar-refractivity contribution in [3.05, 3.63) is 59.8 Å². The van der Waals surface area contributed by atoms with Crippen molar-refractivity contribution in [2.45, 2.75) is 45.8 Å². The van der Waals surface area contributed by atoms with Gasteiger partial charge in [0.2, 0.25) is 5.95 Å². The molecule has 2 aromatic carbocycles. The van der Waals surface area contributed by atoms with Crippen LogP contribution < -0.4 is 21.1 Å². The van der Waals surface area contributed by atoms with Crippen LogP contribution in [0.4, 0.5) is 17.3 Å². The Labute approximate surface area is 205 Å². The van der Waals surface area contributed by atoms with E-state index in [1.54, 1.807) is 24.4 Å². The number of rotatable bonds is 2. The van der Waals surface area contributed by atoms with Crippen LogP contribution in [0.2, 0.25) is 0 Å². The first kappa shape index (κ1) is 23.1. The third-order valence-corrected chi connectivity index (χ3v) is 6.22. The first-order valence-electron chi connectivity index (χ1n) is 12.0. The maximum Gasteiger partial charge on any atom is 0.251 e. The van der Waals surface area contributed by atoms with Gasteiger partial charge in [-0.25, -0.2) is 9.97 Å². The second kappa shape index (κ2) is 9.54. The number of nitrogens with one attached hydrogen (secondary N) is 2. The summed E-state index contributed by atoms with van der Waals surface area (Å²) in [7, 11) is 0. The second-order valence-corrected chi connectivity index (χ2v) is 10.00. The van der Waals surface area contributed by atoms with Crippen molar-refractivity contribution in [1.82, 2.24) is 15.3 Å². The molecule has 0 unspecified atom stereocenters. The molecule has 6 bridgehead atoms. The summed E-state index contributed by atoms with van der Waals surface area (Å²) in [5.74, 6) is 1.14. The Kier molecular flexibility index (Phi) is 6.30. The molecule has 2 aliphatic heterocycles. The summed E-state index contributed by atoms with van der Waals surface area (Å²) in [5, 5.41) is 6.29. The van der Waals surface area contributed by atoms with Crippen LogP contribution in [-0.2, 0) is 11.3 Å². The van der Waals surface area contributed by atoms with Crippen LogP contribution in [0.1, 0.15) is 49.0 Å². The SMILES string of the molecule is CC1(C)CCNC(=O)c2ccc(c(N)c2)-c2ccnc(n2)Nc2ccc(OC3CC3)c(c2)COC1. The minimum Gasteiger partial charge on any atom is -0.490 e. The molecular weight excluding hydrogens is 442 g/mol. The summed E-state index contributed by atoms with van der Waals surface area (Å²) in [4.78, 5) is 21.7. The number of nitrogens with zero attached hydrogens (tertiary/aromatic N) is 2. The van der Waals surface area contributed by atoms with Crippen molar-refractivity contribution in [3.63, 3.8) is 0 Å². The lowest BCUT2D eigenvalue weighted by atomic mass is 9.90. The van der Waals surface area contributed by atoms with E-state index in [-0.39, 0.29) is 11.3 Å². The third kappa shape index (κ3) is 5.71. The third-order valence-electron chi connectivity index (χ3n) is 6.22. The monoisotopic (exact) mass is 473 g/mol. The Morgan fingerprint density at radius 2 is 2.00 bits per heavy atom. The van der Waals surface area contributed by atoms with Gasteiger partial charge in [-0.1, -0.05) is 13.8 Å². The fraction of sp³-hybridized carbons (Fsp3) is 0.370. The largest absolute Gasteiger partial charge is 0.490 e. The zero-order chi connectivity index (χ0) is 24.4. The van der Waals surface area contributed by atoms with Crippen molar-refractivity contribution in [2.24, 2.45) is 5.41 Å². The molecule has 0 radical (unpaired) electrons. The maximum atomic E-state index is 12.7. The van der Waals surface area contributed by atoms with E-state index < -0.39 is 0 Å². The number of benzene rings is 2. The number of nitrogen functional groups attached to an aromatic ring is 1. The first-order valence-corrected chi connectivity index (χ1v) is 12.0. The van der Waals surface area contributed by atoms with Gasteiger partial charge in [0, 0.05) is 40.8 Å². The molecule has 0 atom stereocenters. The second-order valence-electron chi connectivity index (χ2n) is 10.00. The van der Waals surface area contributed by atoms with E-state index in [9.17, 15) is 4.79 Å². The lowest BCUT2D eigenvalue weighted by Gasteiger charge is -2.25. The molecule has 1 fully saturated rings. The number of fused-ring (bicyclic) bond motifs is 9. The predicted molar refractivity (Wildman–Crippen MR) is 136 cm³/mol. The van der Waals surface area contributed by atoms with E-state index in [0.717, 1.165) is 41.8 Å². The molecule has 1 aromatic heterocycles. The van der Waals surface area contributed by atoms with E-state index in [1.807, 2.05) is 24.3 Å².